The molecular weight excluding hydrogens is 511 g/mol. The van der Waals surface area contributed by atoms with Gasteiger partial charge in [0.2, 0.25) is 0 Å². The van der Waals surface area contributed by atoms with Crippen LogP contribution in [0.1, 0.15) is 50.2 Å². The van der Waals surface area contributed by atoms with Crippen LogP contribution >= 0.6 is 34.8 Å². The van der Waals surface area contributed by atoms with Gasteiger partial charge in [0, 0.05) is 47.9 Å². The van der Waals surface area contributed by atoms with Gasteiger partial charge in [0.15, 0.2) is 12.6 Å². The van der Waals surface area contributed by atoms with Crippen molar-refractivity contribution in [2.45, 2.75) is 82.8 Å². The van der Waals surface area contributed by atoms with Gasteiger partial charge in [-0.3, -0.25) is 0 Å². The summed E-state index contributed by atoms with van der Waals surface area (Å²) >= 11 is 18.8. The molecule has 188 valence electrons. The summed E-state index contributed by atoms with van der Waals surface area (Å²) in [6, 6.07) is 11.4. The van der Waals surface area contributed by atoms with Gasteiger partial charge < -0.3 is 24.4 Å². The van der Waals surface area contributed by atoms with Gasteiger partial charge in [0.05, 0.1) is 5.02 Å². The van der Waals surface area contributed by atoms with Crippen LogP contribution in [0.4, 0.5) is 4.79 Å². The van der Waals surface area contributed by atoms with Crippen LogP contribution in [0.5, 0.6) is 5.75 Å². The average Bonchev–Trinajstić information content (AvgIpc) is 2.78. The molecule has 1 N–H and O–H groups in total. The molecule has 3 aliphatic heterocycles. The van der Waals surface area contributed by atoms with Gasteiger partial charge in [-0.25, -0.2) is 4.79 Å². The number of fused-ring (bicyclic) bond motifs is 2. The number of urea groups is 1. The van der Waals surface area contributed by atoms with E-state index in [2.05, 4.69) is 5.32 Å². The van der Waals surface area contributed by atoms with Gasteiger partial charge in [-0.15, -0.1) is 0 Å². The second kappa shape index (κ2) is 10.7. The number of hydrogen-bond acceptors (Lipinski definition) is 4. The molecule has 6 nitrogen and oxygen atoms in total. The van der Waals surface area contributed by atoms with Gasteiger partial charge in [-0.1, -0.05) is 46.9 Å². The first kappa shape index (κ1) is 25.0. The predicted octanol–water partition coefficient (Wildman–Crippen LogP) is 6.58. The molecule has 0 spiro atoms. The zero-order chi connectivity index (χ0) is 24.5. The summed E-state index contributed by atoms with van der Waals surface area (Å²) in [6.07, 6.45) is 4.95. The number of ether oxygens (including phenoxy) is 3. The summed E-state index contributed by atoms with van der Waals surface area (Å²) in [4.78, 5) is 15.1. The summed E-state index contributed by atoms with van der Waals surface area (Å²) in [7, 11) is 0. The van der Waals surface area contributed by atoms with Gasteiger partial charge >= 0.3 is 6.03 Å². The van der Waals surface area contributed by atoms with Crippen molar-refractivity contribution in [3.63, 3.8) is 0 Å². The fraction of sp³-hybridized carbons (Fsp3) is 0.500. The smallest absolute Gasteiger partial charge is 0.318 e. The van der Waals surface area contributed by atoms with Crippen LogP contribution in [0.2, 0.25) is 15.1 Å². The summed E-state index contributed by atoms with van der Waals surface area (Å²) < 4.78 is 17.4. The second-order valence-electron chi connectivity index (χ2n) is 9.49. The van der Waals surface area contributed by atoms with Crippen molar-refractivity contribution in [3.05, 3.63) is 62.6 Å². The number of carbonyl (C=O) groups is 1. The molecule has 0 radical (unpaired) electrons. The lowest BCUT2D eigenvalue weighted by Crippen LogP contribution is -2.59. The minimum Gasteiger partial charge on any atom is -0.489 e. The van der Waals surface area contributed by atoms with Crippen LogP contribution in [0.25, 0.3) is 0 Å². The largest absolute Gasteiger partial charge is 0.489 e. The highest BCUT2D eigenvalue weighted by molar-refractivity contribution is 6.35. The second-order valence-corrected chi connectivity index (χ2v) is 10.7. The predicted molar refractivity (Wildman–Crippen MR) is 136 cm³/mol. The van der Waals surface area contributed by atoms with Crippen molar-refractivity contribution in [1.29, 1.82) is 0 Å². The molecule has 3 atom stereocenters. The topological polar surface area (TPSA) is 60.0 Å². The molecule has 0 saturated carbocycles. The lowest BCUT2D eigenvalue weighted by atomic mass is 9.83. The van der Waals surface area contributed by atoms with E-state index in [1.807, 2.05) is 36.1 Å². The Balaban J connectivity index is 1.18. The Morgan fingerprint density at radius 1 is 1.06 bits per heavy atom. The molecule has 0 unspecified atom stereocenters. The van der Waals surface area contributed by atoms with Crippen LogP contribution < -0.4 is 10.1 Å². The molecular formula is C26H29Cl3N2O4. The van der Waals surface area contributed by atoms with Crippen molar-refractivity contribution < 1.29 is 19.0 Å². The van der Waals surface area contributed by atoms with E-state index in [1.165, 1.54) is 0 Å². The molecule has 3 saturated heterocycles. The van der Waals surface area contributed by atoms with E-state index in [0.29, 0.717) is 33.8 Å². The summed E-state index contributed by atoms with van der Waals surface area (Å²) in [5, 5.41) is 4.75. The molecule has 35 heavy (non-hydrogen) atoms. The van der Waals surface area contributed by atoms with Gasteiger partial charge in [0.1, 0.15) is 11.9 Å². The number of halogens is 3. The number of hydrogen-bond donors (Lipinski definition) is 1. The highest BCUT2D eigenvalue weighted by Crippen LogP contribution is 2.37. The number of amides is 2. The summed E-state index contributed by atoms with van der Waals surface area (Å²) in [5.41, 5.74) is 1.89. The Morgan fingerprint density at radius 3 is 2.46 bits per heavy atom. The molecule has 2 aromatic carbocycles. The molecule has 2 aromatic rings. The lowest BCUT2D eigenvalue weighted by Gasteiger charge is -2.48. The number of carbonyl (C=O) groups excluding carboxylic acids is 1. The maximum atomic E-state index is 13.1. The summed E-state index contributed by atoms with van der Waals surface area (Å²) in [6.45, 7) is 2.24. The maximum Gasteiger partial charge on any atom is 0.318 e. The van der Waals surface area contributed by atoms with E-state index < -0.39 is 0 Å². The number of benzene rings is 2. The van der Waals surface area contributed by atoms with Crippen LogP contribution in [0.3, 0.4) is 0 Å². The van der Waals surface area contributed by atoms with E-state index in [-0.39, 0.29) is 36.8 Å². The Hall–Kier alpha value is -1.70. The number of rotatable bonds is 6. The molecule has 3 heterocycles. The van der Waals surface area contributed by atoms with E-state index >= 15 is 0 Å². The summed E-state index contributed by atoms with van der Waals surface area (Å²) in [5.74, 6) is 0.678. The zero-order valence-electron chi connectivity index (χ0n) is 19.5. The molecule has 3 fully saturated rings. The van der Waals surface area contributed by atoms with Crippen molar-refractivity contribution >= 4 is 40.8 Å². The Labute approximate surface area is 220 Å². The molecule has 2 amide bonds. The van der Waals surface area contributed by atoms with Crippen LogP contribution in [0, 0.1) is 0 Å². The van der Waals surface area contributed by atoms with E-state index in [0.717, 1.165) is 43.2 Å². The minimum absolute atomic E-state index is 0.0163. The first-order valence-electron chi connectivity index (χ1n) is 12.1. The van der Waals surface area contributed by atoms with Crippen LogP contribution in [-0.4, -0.2) is 41.7 Å². The third kappa shape index (κ3) is 5.83. The molecule has 0 aromatic heterocycles. The third-order valence-corrected chi connectivity index (χ3v) is 7.87. The molecule has 5 rings (SSSR count). The Kier molecular flexibility index (Phi) is 7.66. The molecule has 0 aliphatic carbocycles. The molecule has 2 bridgehead atoms. The van der Waals surface area contributed by atoms with E-state index in [1.54, 1.807) is 12.1 Å². The lowest BCUT2D eigenvalue weighted by molar-refractivity contribution is -0.374. The highest BCUT2D eigenvalue weighted by atomic mass is 35.5. The van der Waals surface area contributed by atoms with Gasteiger partial charge in [0.25, 0.3) is 0 Å². The van der Waals surface area contributed by atoms with Crippen molar-refractivity contribution in [2.75, 3.05) is 0 Å². The number of piperidine rings is 2. The first-order valence-corrected chi connectivity index (χ1v) is 13.2. The Bertz CT molecular complexity index is 1060. The number of nitrogens with one attached hydrogen (secondary N) is 1. The fourth-order valence-corrected chi connectivity index (χ4v) is 6.08. The van der Waals surface area contributed by atoms with Crippen molar-refractivity contribution in [3.8, 4) is 5.75 Å². The monoisotopic (exact) mass is 538 g/mol. The van der Waals surface area contributed by atoms with E-state index in [4.69, 9.17) is 49.0 Å². The Morgan fingerprint density at radius 2 is 1.80 bits per heavy atom. The highest BCUT2D eigenvalue weighted by Gasteiger charge is 2.41. The van der Waals surface area contributed by atoms with Crippen molar-refractivity contribution in [1.82, 2.24) is 10.2 Å². The third-order valence-electron chi connectivity index (χ3n) is 6.99. The first-order chi connectivity index (χ1) is 16.9. The zero-order valence-corrected chi connectivity index (χ0v) is 21.8. The number of nitrogens with zero attached hydrogens (tertiary/aromatic N) is 1. The molecule has 9 heteroatoms. The van der Waals surface area contributed by atoms with Gasteiger partial charge in [-0.2, -0.15) is 0 Å². The quantitative estimate of drug-likeness (QED) is 0.450. The fourth-order valence-electron chi connectivity index (χ4n) is 5.36. The SMILES string of the molecule is CC1OC(Cc2ccc(O[C@H]3C[C@H]4CCC[C@@H](C3)N4C(=O)NCc3ccc(Cl)cc3Cl)c(Cl)c2)O1. The van der Waals surface area contributed by atoms with E-state index in [9.17, 15) is 4.79 Å². The normalized spacial score (nSPS) is 27.8. The average molecular weight is 540 g/mol. The standard InChI is InChI=1S/C26H29Cl3N2O4/c1-15-33-25(34-15)10-16-5-8-24(23(29)9-16)35-21-12-19-3-2-4-20(13-21)31(19)26(32)30-14-17-6-7-18(27)11-22(17)28/h5-9,11,15,19-21,25H,2-4,10,12-14H2,1H3,(H,30,32)/t15?,19-,20+,21+,25?. The minimum atomic E-state index is -0.210. The van der Waals surface area contributed by atoms with Crippen LogP contribution in [0.15, 0.2) is 36.4 Å². The van der Waals surface area contributed by atoms with Gasteiger partial charge in [-0.05, 0) is 61.6 Å². The van der Waals surface area contributed by atoms with Crippen molar-refractivity contribution in [2.24, 2.45) is 0 Å². The van der Waals surface area contributed by atoms with Crippen LogP contribution in [-0.2, 0) is 22.4 Å². The molecule has 3 aliphatic rings. The maximum absolute atomic E-state index is 13.1.